The number of rotatable bonds is 2. The summed E-state index contributed by atoms with van der Waals surface area (Å²) in [5.74, 6) is 0. The molecule has 1 aromatic rings. The van der Waals surface area contributed by atoms with Crippen molar-refractivity contribution in [2.75, 3.05) is 20.1 Å². The van der Waals surface area contributed by atoms with Gasteiger partial charge in [-0.15, -0.1) is 0 Å². The van der Waals surface area contributed by atoms with Gasteiger partial charge in [0.25, 0.3) is 0 Å². The molecule has 16 heavy (non-hydrogen) atoms. The highest BCUT2D eigenvalue weighted by Crippen LogP contribution is 2.55. The molecule has 2 aliphatic heterocycles. The first-order valence-corrected chi connectivity index (χ1v) is 6.06. The molecule has 0 aliphatic carbocycles. The Labute approximate surface area is 97.9 Å². The molecule has 2 atom stereocenters. The van der Waals surface area contributed by atoms with E-state index in [1.54, 1.807) is 0 Å². The van der Waals surface area contributed by atoms with Crippen LogP contribution >= 0.6 is 0 Å². The van der Waals surface area contributed by atoms with Crippen LogP contribution < -0.4 is 0 Å². The third-order valence-electron chi connectivity index (χ3n) is 4.90. The van der Waals surface area contributed by atoms with E-state index in [9.17, 15) is 0 Å². The first-order chi connectivity index (χ1) is 7.56. The quantitative estimate of drug-likeness (QED) is 0.697. The van der Waals surface area contributed by atoms with Gasteiger partial charge in [-0.2, -0.15) is 0 Å². The van der Waals surface area contributed by atoms with Gasteiger partial charge in [-0.25, -0.2) is 0 Å². The molecule has 0 radical (unpaired) electrons. The molecule has 86 valence electrons. The largest absolute Gasteiger partial charge is 0.295 e. The summed E-state index contributed by atoms with van der Waals surface area (Å²) in [6.07, 6.45) is 0. The monoisotopic (exact) mass is 216 g/mol. The van der Waals surface area contributed by atoms with Crippen LogP contribution in [0.2, 0.25) is 0 Å². The van der Waals surface area contributed by atoms with Gasteiger partial charge in [0.05, 0.1) is 11.1 Å². The van der Waals surface area contributed by atoms with E-state index in [1.165, 1.54) is 18.7 Å². The molecule has 2 saturated heterocycles. The minimum atomic E-state index is 0.418. The second-order valence-corrected chi connectivity index (χ2v) is 5.74. The van der Waals surface area contributed by atoms with Crippen molar-refractivity contribution in [3.63, 3.8) is 0 Å². The Balaban J connectivity index is 1.69. The molecule has 2 aliphatic rings. The molecule has 2 nitrogen and oxygen atoms in total. The standard InChI is InChI=1S/C14H20N2/c1-13-10-16(11-14(13,2)15(13)3)9-12-7-5-4-6-8-12/h4-8H,9-11H2,1-3H3. The predicted molar refractivity (Wildman–Crippen MR) is 66.3 cm³/mol. The van der Waals surface area contributed by atoms with Crippen molar-refractivity contribution in [1.29, 1.82) is 0 Å². The van der Waals surface area contributed by atoms with Crippen LogP contribution in [-0.4, -0.2) is 41.0 Å². The lowest BCUT2D eigenvalue weighted by Gasteiger charge is -2.22. The van der Waals surface area contributed by atoms with Crippen molar-refractivity contribution >= 4 is 0 Å². The topological polar surface area (TPSA) is 6.25 Å². The van der Waals surface area contributed by atoms with Crippen LogP contribution in [-0.2, 0) is 6.54 Å². The van der Waals surface area contributed by atoms with Crippen LogP contribution in [0.5, 0.6) is 0 Å². The van der Waals surface area contributed by atoms with E-state index in [4.69, 9.17) is 0 Å². The lowest BCUT2D eigenvalue weighted by molar-refractivity contribution is 0.224. The van der Waals surface area contributed by atoms with Crippen LogP contribution in [0.15, 0.2) is 30.3 Å². The third kappa shape index (κ3) is 1.20. The summed E-state index contributed by atoms with van der Waals surface area (Å²) in [4.78, 5) is 5.09. The number of nitrogens with zero attached hydrogens (tertiary/aromatic N) is 2. The summed E-state index contributed by atoms with van der Waals surface area (Å²) in [6, 6.07) is 10.8. The molecule has 2 heterocycles. The molecular weight excluding hydrogens is 196 g/mol. The van der Waals surface area contributed by atoms with Crippen molar-refractivity contribution in [3.05, 3.63) is 35.9 Å². The molecule has 0 amide bonds. The first-order valence-electron chi connectivity index (χ1n) is 6.06. The van der Waals surface area contributed by atoms with Crippen molar-refractivity contribution in [2.45, 2.75) is 31.5 Å². The molecule has 2 fully saturated rings. The smallest absolute Gasteiger partial charge is 0.0505 e. The molecule has 2 heteroatoms. The number of fused-ring (bicyclic) bond motifs is 1. The molecule has 0 aromatic heterocycles. The maximum absolute atomic E-state index is 2.58. The maximum Gasteiger partial charge on any atom is 0.0505 e. The summed E-state index contributed by atoms with van der Waals surface area (Å²) >= 11 is 0. The first kappa shape index (κ1) is 10.3. The van der Waals surface area contributed by atoms with Crippen LogP contribution in [0.25, 0.3) is 0 Å². The van der Waals surface area contributed by atoms with Gasteiger partial charge in [-0.05, 0) is 26.5 Å². The molecule has 3 rings (SSSR count). The normalized spacial score (nSPS) is 42.1. The number of benzene rings is 1. The zero-order valence-corrected chi connectivity index (χ0v) is 10.4. The highest BCUT2D eigenvalue weighted by Gasteiger charge is 2.71. The second-order valence-electron chi connectivity index (χ2n) is 5.74. The van der Waals surface area contributed by atoms with Crippen LogP contribution in [0.4, 0.5) is 0 Å². The van der Waals surface area contributed by atoms with Gasteiger partial charge in [-0.3, -0.25) is 9.80 Å². The number of likely N-dealkylation sites (N-methyl/N-ethyl adjacent to an activating group) is 1. The summed E-state index contributed by atoms with van der Waals surface area (Å²) < 4.78 is 0. The summed E-state index contributed by atoms with van der Waals surface area (Å²) in [6.45, 7) is 8.28. The van der Waals surface area contributed by atoms with E-state index in [0.717, 1.165) is 6.54 Å². The predicted octanol–water partition coefficient (Wildman–Crippen LogP) is 1.97. The second kappa shape index (κ2) is 3.08. The maximum atomic E-state index is 2.58. The fourth-order valence-corrected chi connectivity index (χ4v) is 3.38. The zero-order chi connectivity index (χ0) is 11.4. The minimum Gasteiger partial charge on any atom is -0.295 e. The van der Waals surface area contributed by atoms with E-state index in [0.29, 0.717) is 11.1 Å². The zero-order valence-electron chi connectivity index (χ0n) is 10.4. The Hall–Kier alpha value is -0.860. The number of hydrogen-bond donors (Lipinski definition) is 0. The van der Waals surface area contributed by atoms with Crippen molar-refractivity contribution in [1.82, 2.24) is 9.80 Å². The number of likely N-dealkylation sites (tertiary alicyclic amines) is 1. The Morgan fingerprint density at radius 3 is 2.19 bits per heavy atom. The van der Waals surface area contributed by atoms with E-state index in [2.05, 4.69) is 61.0 Å². The minimum absolute atomic E-state index is 0.418. The van der Waals surface area contributed by atoms with Gasteiger partial charge in [0.1, 0.15) is 0 Å². The highest BCUT2D eigenvalue weighted by molar-refractivity contribution is 5.30. The fraction of sp³-hybridized carbons (Fsp3) is 0.571. The van der Waals surface area contributed by atoms with Gasteiger partial charge >= 0.3 is 0 Å². The van der Waals surface area contributed by atoms with Gasteiger partial charge in [0.15, 0.2) is 0 Å². The average molecular weight is 216 g/mol. The van der Waals surface area contributed by atoms with Crippen LogP contribution in [0.1, 0.15) is 19.4 Å². The Kier molecular flexibility index (Phi) is 1.99. The third-order valence-corrected chi connectivity index (χ3v) is 4.90. The average Bonchev–Trinajstić information content (AvgIpc) is 2.55. The Bertz CT molecular complexity index is 384. The highest BCUT2D eigenvalue weighted by atomic mass is 15.5. The number of hydrogen-bond acceptors (Lipinski definition) is 2. The molecule has 0 N–H and O–H groups in total. The Morgan fingerprint density at radius 1 is 1.06 bits per heavy atom. The van der Waals surface area contributed by atoms with E-state index in [1.807, 2.05) is 0 Å². The molecule has 0 saturated carbocycles. The van der Waals surface area contributed by atoms with Gasteiger partial charge in [0.2, 0.25) is 0 Å². The SMILES string of the molecule is CN1C2(C)CN(Cc3ccccc3)CC12C. The van der Waals surface area contributed by atoms with Crippen LogP contribution in [0.3, 0.4) is 0 Å². The van der Waals surface area contributed by atoms with E-state index in [-0.39, 0.29) is 0 Å². The summed E-state index contributed by atoms with van der Waals surface area (Å²) in [5, 5.41) is 0. The fourth-order valence-electron chi connectivity index (χ4n) is 3.38. The number of piperazine rings is 1. The lowest BCUT2D eigenvalue weighted by atomic mass is 10.0. The van der Waals surface area contributed by atoms with Gasteiger partial charge in [0, 0.05) is 19.6 Å². The van der Waals surface area contributed by atoms with Crippen molar-refractivity contribution < 1.29 is 0 Å². The lowest BCUT2D eigenvalue weighted by Crippen LogP contribution is -2.32. The Morgan fingerprint density at radius 2 is 1.62 bits per heavy atom. The van der Waals surface area contributed by atoms with E-state index >= 15 is 0 Å². The van der Waals surface area contributed by atoms with Gasteiger partial charge in [-0.1, -0.05) is 30.3 Å². The molecular formula is C14H20N2. The molecule has 0 bridgehead atoms. The van der Waals surface area contributed by atoms with Crippen LogP contribution in [0, 0.1) is 0 Å². The molecule has 0 spiro atoms. The van der Waals surface area contributed by atoms with Crippen molar-refractivity contribution in [2.24, 2.45) is 0 Å². The summed E-state index contributed by atoms with van der Waals surface area (Å²) in [5.41, 5.74) is 2.27. The summed E-state index contributed by atoms with van der Waals surface area (Å²) in [7, 11) is 2.25. The van der Waals surface area contributed by atoms with Crippen molar-refractivity contribution in [3.8, 4) is 0 Å². The van der Waals surface area contributed by atoms with Gasteiger partial charge < -0.3 is 0 Å². The van der Waals surface area contributed by atoms with E-state index < -0.39 is 0 Å². The molecule has 1 aromatic carbocycles. The molecule has 2 unspecified atom stereocenters.